The predicted molar refractivity (Wildman–Crippen MR) is 291 cm³/mol. The highest BCUT2D eigenvalue weighted by molar-refractivity contribution is 5.00. The van der Waals surface area contributed by atoms with Crippen molar-refractivity contribution in [1.29, 1.82) is 0 Å². The largest absolute Gasteiger partial charge is 0.396 e. The Labute approximate surface area is 502 Å². The monoisotopic (exact) mass is 1250 g/mol. The summed E-state index contributed by atoms with van der Waals surface area (Å²) in [6.45, 7) is -5.79. The van der Waals surface area contributed by atoms with Crippen LogP contribution in [0.5, 0.6) is 0 Å². The van der Waals surface area contributed by atoms with Crippen molar-refractivity contribution < 1.29 is 147 Å². The summed E-state index contributed by atoms with van der Waals surface area (Å²) in [6, 6.07) is 0. The SMILES string of the molecule is COCC1O[C@H](O[C@@H]2C(COC)O[C@H](O[C@@H]3C(COC)O[C@H](O[C@@H]4C(COC)O[C@H](O[C@@H]5C(COC)O[C@H](O[C@@H]6C(COC)O[C@H](C)C(CO)[C@H]6CO)C(CO)[C@H]5CO)C(CO)[C@H]4CO)C(CO)[C@H]3CO)C(CO)[C@H]2CO)C(CO)[C@@H](CO)[C@@H]1CO. The Morgan fingerprint density at radius 1 is 0.221 bits per heavy atom. The number of methoxy groups -OCH3 is 6. The zero-order valence-corrected chi connectivity index (χ0v) is 50.5. The number of hydrogen-bond acceptors (Lipinski definition) is 30. The summed E-state index contributed by atoms with van der Waals surface area (Å²) < 4.78 is 105. The maximum Gasteiger partial charge on any atom is 0.164 e. The molecule has 6 aliphatic heterocycles. The van der Waals surface area contributed by atoms with Gasteiger partial charge >= 0.3 is 0 Å². The molecule has 0 saturated carbocycles. The first-order valence-corrected chi connectivity index (χ1v) is 29.8. The summed E-state index contributed by atoms with van der Waals surface area (Å²) in [5.41, 5.74) is 0. The van der Waals surface area contributed by atoms with E-state index in [-0.39, 0.29) is 59.5 Å². The molecule has 30 atom stereocenters. The number of ether oxygens (including phenoxy) is 17. The molecule has 0 aliphatic carbocycles. The first kappa shape index (κ1) is 73.8. The van der Waals surface area contributed by atoms with Crippen molar-refractivity contribution in [3.8, 4) is 0 Å². The van der Waals surface area contributed by atoms with Crippen molar-refractivity contribution >= 4 is 0 Å². The van der Waals surface area contributed by atoms with Crippen LogP contribution >= 0.6 is 0 Å². The fraction of sp³-hybridized carbons (Fsp3) is 1.00. The average Bonchev–Trinajstić information content (AvgIpc) is 1.27. The van der Waals surface area contributed by atoms with Crippen LogP contribution in [0.25, 0.3) is 0 Å². The minimum Gasteiger partial charge on any atom is -0.396 e. The highest BCUT2D eigenvalue weighted by Gasteiger charge is 2.58. The van der Waals surface area contributed by atoms with Crippen molar-refractivity contribution in [2.45, 2.75) is 112 Å². The lowest BCUT2D eigenvalue weighted by molar-refractivity contribution is -0.382. The highest BCUT2D eigenvalue weighted by atomic mass is 16.8. The maximum absolute atomic E-state index is 11.3. The lowest BCUT2D eigenvalue weighted by Gasteiger charge is -2.53. The molecule has 0 aromatic carbocycles. The third kappa shape index (κ3) is 16.6. The van der Waals surface area contributed by atoms with E-state index in [2.05, 4.69) is 0 Å². The van der Waals surface area contributed by atoms with Crippen LogP contribution in [-0.4, -0.2) is 339 Å². The Morgan fingerprint density at radius 3 is 0.628 bits per heavy atom. The Morgan fingerprint density at radius 2 is 0.407 bits per heavy atom. The van der Waals surface area contributed by atoms with E-state index in [0.717, 1.165) is 0 Å². The molecule has 6 aliphatic rings. The molecule has 0 aromatic rings. The lowest BCUT2D eigenvalue weighted by atomic mass is 9.76. The fourth-order valence-corrected chi connectivity index (χ4v) is 14.1. The van der Waals surface area contributed by atoms with Gasteiger partial charge in [-0.05, 0) is 12.8 Å². The Hall–Kier alpha value is -1.20. The van der Waals surface area contributed by atoms with Crippen LogP contribution in [0, 0.1) is 76.9 Å². The smallest absolute Gasteiger partial charge is 0.164 e. The van der Waals surface area contributed by atoms with E-state index in [9.17, 15) is 66.4 Å². The summed E-state index contributed by atoms with van der Waals surface area (Å²) >= 11 is 0. The van der Waals surface area contributed by atoms with Crippen LogP contribution in [0.3, 0.4) is 0 Å². The minimum absolute atomic E-state index is 0.0183. The molecule has 30 heteroatoms. The van der Waals surface area contributed by atoms with Gasteiger partial charge in [0.1, 0.15) is 30.5 Å². The molecule has 86 heavy (non-hydrogen) atoms. The molecule has 12 unspecified atom stereocenters. The van der Waals surface area contributed by atoms with Crippen LogP contribution in [-0.2, 0) is 80.5 Å². The van der Waals surface area contributed by atoms with Gasteiger partial charge in [-0.25, -0.2) is 0 Å². The first-order valence-electron chi connectivity index (χ1n) is 29.8. The molecule has 6 rings (SSSR count). The van der Waals surface area contributed by atoms with Crippen LogP contribution < -0.4 is 0 Å². The first-order chi connectivity index (χ1) is 41.8. The molecule has 6 heterocycles. The second-order valence-corrected chi connectivity index (χ2v) is 23.3. The van der Waals surface area contributed by atoms with E-state index in [4.69, 9.17) is 80.5 Å². The topological polar surface area (TPSA) is 420 Å². The van der Waals surface area contributed by atoms with Gasteiger partial charge in [0.05, 0.1) is 115 Å². The third-order valence-electron chi connectivity index (χ3n) is 18.7. The summed E-state index contributed by atoms with van der Waals surface area (Å²) in [4.78, 5) is 0. The fourth-order valence-electron chi connectivity index (χ4n) is 14.1. The van der Waals surface area contributed by atoms with Gasteiger partial charge in [-0.15, -0.1) is 0 Å². The molecule has 6 saturated heterocycles. The molecular formula is C56H102O30. The van der Waals surface area contributed by atoms with Crippen LogP contribution in [0.4, 0.5) is 0 Å². The zero-order chi connectivity index (χ0) is 62.8. The maximum atomic E-state index is 11.3. The Balaban J connectivity index is 1.24. The summed E-state index contributed by atoms with van der Waals surface area (Å²) in [7, 11) is 8.56. The van der Waals surface area contributed by atoms with Gasteiger partial charge in [-0.2, -0.15) is 0 Å². The average molecular weight is 1260 g/mol. The molecule has 0 spiro atoms. The molecule has 506 valence electrons. The highest BCUT2D eigenvalue weighted by Crippen LogP contribution is 2.46. The summed E-state index contributed by atoms with van der Waals surface area (Å²) in [5, 5.41) is 142. The Bertz CT molecular complexity index is 1840. The normalized spacial score (nSPS) is 44.2. The molecule has 13 N–H and O–H groups in total. The molecule has 30 nitrogen and oxygen atoms in total. The lowest BCUT2D eigenvalue weighted by Crippen LogP contribution is -2.64. The zero-order valence-electron chi connectivity index (χ0n) is 50.5. The van der Waals surface area contributed by atoms with E-state index in [0.29, 0.717) is 0 Å². The molecule has 0 amide bonds. The van der Waals surface area contributed by atoms with E-state index >= 15 is 0 Å². The number of rotatable bonds is 35. The molecule has 6 fully saturated rings. The third-order valence-corrected chi connectivity index (χ3v) is 18.7. The standard InChI is InChI=1S/C56H102O30/c1-27-28(8-57)31(11-60)47(42(76-27)22-71-3)82-53-37(17-66)33(13-62)49(44(78-53)24-73-5)84-55-39(19-68)35(15-64)51(46(80-55)26-75-7)86-56-40(20-69)34(14-63)50(45(81-56)25-74-6)85-54-38(18-67)32(12-61)48(43(79-54)23-72-4)83-52-36(16-65)29(9-58)30(10-59)41(77-52)21-70-2/h27-69H,8-26H2,1-7H3/t27-,28?,29+,30+,31-,32-,33-,34-,35-,36?,37?,38?,39?,40?,41?,42?,43?,44?,45?,46?,47+,48+,49+,50+,51+,52-,53-,54-,55-,56-/m1/s1. The van der Waals surface area contributed by atoms with Gasteiger partial charge in [0.2, 0.25) is 0 Å². The summed E-state index contributed by atoms with van der Waals surface area (Å²) in [5.74, 6) is -11.5. The minimum atomic E-state index is -1.40. The van der Waals surface area contributed by atoms with Crippen molar-refractivity contribution in [2.75, 3.05) is 168 Å². The quantitative estimate of drug-likeness (QED) is 0.0281. The van der Waals surface area contributed by atoms with E-state index < -0.39 is 248 Å². The summed E-state index contributed by atoms with van der Waals surface area (Å²) in [6.07, 6.45) is -18.3. The second-order valence-electron chi connectivity index (χ2n) is 23.3. The van der Waals surface area contributed by atoms with Crippen molar-refractivity contribution in [2.24, 2.45) is 76.9 Å². The molecule has 0 aromatic heterocycles. The predicted octanol–water partition coefficient (Wildman–Crippen LogP) is -5.89. The van der Waals surface area contributed by atoms with Crippen molar-refractivity contribution in [1.82, 2.24) is 0 Å². The van der Waals surface area contributed by atoms with Gasteiger partial charge in [0, 0.05) is 167 Å². The van der Waals surface area contributed by atoms with E-state index in [1.54, 1.807) is 6.92 Å². The van der Waals surface area contributed by atoms with E-state index in [1.165, 1.54) is 42.7 Å². The van der Waals surface area contributed by atoms with Gasteiger partial charge in [0.15, 0.2) is 31.5 Å². The molecular weight excluding hydrogens is 1150 g/mol. The second kappa shape index (κ2) is 36.9. The van der Waals surface area contributed by atoms with Crippen LogP contribution in [0.2, 0.25) is 0 Å². The number of aliphatic hydroxyl groups is 13. The Kier molecular flexibility index (Phi) is 31.7. The van der Waals surface area contributed by atoms with Gasteiger partial charge in [-0.1, -0.05) is 0 Å². The molecule has 0 radical (unpaired) electrons. The molecule has 0 bridgehead atoms. The number of aliphatic hydroxyl groups excluding tert-OH is 13. The van der Waals surface area contributed by atoms with Crippen molar-refractivity contribution in [3.63, 3.8) is 0 Å². The van der Waals surface area contributed by atoms with Gasteiger partial charge in [-0.3, -0.25) is 0 Å². The van der Waals surface area contributed by atoms with Crippen LogP contribution in [0.1, 0.15) is 6.92 Å². The van der Waals surface area contributed by atoms with Gasteiger partial charge < -0.3 is 147 Å². The number of hydrogen-bond donors (Lipinski definition) is 13. The van der Waals surface area contributed by atoms with E-state index in [1.807, 2.05) is 0 Å². The van der Waals surface area contributed by atoms with Crippen molar-refractivity contribution in [3.05, 3.63) is 0 Å². The van der Waals surface area contributed by atoms with Crippen LogP contribution in [0.15, 0.2) is 0 Å². The van der Waals surface area contributed by atoms with Gasteiger partial charge in [0.25, 0.3) is 0 Å².